The lowest BCUT2D eigenvalue weighted by Crippen LogP contribution is -2.37. The van der Waals surface area contributed by atoms with E-state index in [4.69, 9.17) is 0 Å². The van der Waals surface area contributed by atoms with Gasteiger partial charge >= 0.3 is 0 Å². The van der Waals surface area contributed by atoms with Gasteiger partial charge in [0.1, 0.15) is 17.5 Å². The van der Waals surface area contributed by atoms with E-state index >= 15 is 0 Å². The normalized spacial score (nSPS) is 24.8. The van der Waals surface area contributed by atoms with Gasteiger partial charge in [-0.3, -0.25) is 9.79 Å². The monoisotopic (exact) mass is 278 g/mol. The van der Waals surface area contributed by atoms with Crippen LogP contribution in [0.25, 0.3) is 0 Å². The summed E-state index contributed by atoms with van der Waals surface area (Å²) in [4.78, 5) is 16.6. The second kappa shape index (κ2) is 5.31. The van der Waals surface area contributed by atoms with Crippen molar-refractivity contribution in [1.29, 1.82) is 0 Å². The Morgan fingerprint density at radius 3 is 2.85 bits per heavy atom. The quantitative estimate of drug-likeness (QED) is 0.864. The van der Waals surface area contributed by atoms with E-state index in [0.29, 0.717) is 11.9 Å². The number of halogens is 2. The summed E-state index contributed by atoms with van der Waals surface area (Å²) < 4.78 is 26.4. The van der Waals surface area contributed by atoms with E-state index in [9.17, 15) is 13.6 Å². The first-order valence-electron chi connectivity index (χ1n) is 6.95. The van der Waals surface area contributed by atoms with Gasteiger partial charge in [-0.25, -0.2) is 8.78 Å². The Balaban J connectivity index is 1.70. The van der Waals surface area contributed by atoms with Crippen LogP contribution in [0.15, 0.2) is 23.2 Å². The van der Waals surface area contributed by atoms with Gasteiger partial charge in [0.2, 0.25) is 0 Å². The third-order valence-electron chi connectivity index (χ3n) is 3.96. The molecule has 106 valence electrons. The maximum atomic E-state index is 13.5. The molecule has 1 heterocycles. The van der Waals surface area contributed by atoms with Crippen LogP contribution in [0, 0.1) is 11.6 Å². The molecule has 0 spiro atoms. The molecule has 1 aromatic carbocycles. The first-order chi connectivity index (χ1) is 9.63. The number of benzene rings is 1. The topological polar surface area (TPSA) is 41.5 Å². The standard InChI is InChI=1S/C15H16F2N2O/c16-9-5-6-10(11(17)7-9)14(20)8-15-18-12-3-1-2-4-13(12)19-15/h5-7,12-13H,1-4,8H2,(H,18,19)/t12-,13-/m0/s1. The van der Waals surface area contributed by atoms with Crippen molar-refractivity contribution in [2.24, 2.45) is 4.99 Å². The molecule has 1 N–H and O–H groups in total. The van der Waals surface area contributed by atoms with Crippen LogP contribution >= 0.6 is 0 Å². The smallest absolute Gasteiger partial charge is 0.173 e. The van der Waals surface area contributed by atoms with Crippen molar-refractivity contribution in [1.82, 2.24) is 5.32 Å². The second-order valence-electron chi connectivity index (χ2n) is 5.40. The van der Waals surface area contributed by atoms with Gasteiger partial charge in [0.15, 0.2) is 5.78 Å². The molecule has 0 saturated heterocycles. The number of aliphatic imine (C=N–C) groups is 1. The molecule has 0 amide bonds. The van der Waals surface area contributed by atoms with Crippen LogP contribution in [-0.2, 0) is 0 Å². The maximum absolute atomic E-state index is 13.5. The first kappa shape index (κ1) is 13.2. The van der Waals surface area contributed by atoms with Gasteiger partial charge in [-0.2, -0.15) is 0 Å². The Bertz CT molecular complexity index is 571. The highest BCUT2D eigenvalue weighted by Gasteiger charge is 2.31. The third kappa shape index (κ3) is 2.57. The summed E-state index contributed by atoms with van der Waals surface area (Å²) >= 11 is 0. The molecule has 3 nitrogen and oxygen atoms in total. The lowest BCUT2D eigenvalue weighted by atomic mass is 9.92. The number of ketones is 1. The number of Topliss-reactive ketones (excluding diaryl/α,β-unsaturated/α-hetero) is 1. The average molecular weight is 278 g/mol. The summed E-state index contributed by atoms with van der Waals surface area (Å²) in [5.41, 5.74) is -0.0780. The lowest BCUT2D eigenvalue weighted by molar-refractivity contribution is 0.0996. The van der Waals surface area contributed by atoms with Gasteiger partial charge in [-0.05, 0) is 25.0 Å². The highest BCUT2D eigenvalue weighted by Crippen LogP contribution is 2.25. The first-order valence-corrected chi connectivity index (χ1v) is 6.95. The zero-order valence-electron chi connectivity index (χ0n) is 11.0. The van der Waals surface area contributed by atoms with Crippen molar-refractivity contribution in [3.05, 3.63) is 35.4 Å². The average Bonchev–Trinajstić information content (AvgIpc) is 2.80. The Hall–Kier alpha value is -1.78. The van der Waals surface area contributed by atoms with E-state index < -0.39 is 11.6 Å². The fourth-order valence-corrected chi connectivity index (χ4v) is 2.95. The molecule has 3 rings (SSSR count). The third-order valence-corrected chi connectivity index (χ3v) is 3.96. The number of carbonyl (C=O) groups is 1. The summed E-state index contributed by atoms with van der Waals surface area (Å²) in [5, 5.41) is 3.26. The minimum Gasteiger partial charge on any atom is -0.369 e. The molecule has 5 heteroatoms. The van der Waals surface area contributed by atoms with Gasteiger partial charge in [0, 0.05) is 12.1 Å². The van der Waals surface area contributed by atoms with E-state index in [1.807, 2.05) is 0 Å². The van der Waals surface area contributed by atoms with Crippen molar-refractivity contribution in [2.45, 2.75) is 44.2 Å². The van der Waals surface area contributed by atoms with Crippen molar-refractivity contribution in [3.8, 4) is 0 Å². The lowest BCUT2D eigenvalue weighted by Gasteiger charge is -2.23. The zero-order chi connectivity index (χ0) is 14.1. The largest absolute Gasteiger partial charge is 0.369 e. The fourth-order valence-electron chi connectivity index (χ4n) is 2.95. The van der Waals surface area contributed by atoms with E-state index in [1.165, 1.54) is 18.9 Å². The highest BCUT2D eigenvalue weighted by atomic mass is 19.1. The predicted molar refractivity (Wildman–Crippen MR) is 71.9 cm³/mol. The number of amidine groups is 1. The minimum atomic E-state index is -0.814. The summed E-state index contributed by atoms with van der Waals surface area (Å²) in [5.74, 6) is -1.23. The van der Waals surface area contributed by atoms with Crippen LogP contribution in [0.4, 0.5) is 8.78 Å². The molecule has 0 radical (unpaired) electrons. The molecule has 1 aliphatic carbocycles. The Morgan fingerprint density at radius 1 is 1.30 bits per heavy atom. The number of nitrogens with zero attached hydrogens (tertiary/aromatic N) is 1. The molecule has 2 atom stereocenters. The van der Waals surface area contributed by atoms with Crippen LogP contribution in [0.2, 0.25) is 0 Å². The number of rotatable bonds is 3. The summed E-state index contributed by atoms with van der Waals surface area (Å²) in [6, 6.07) is 3.60. The van der Waals surface area contributed by atoms with Gasteiger partial charge in [-0.1, -0.05) is 12.8 Å². The molecule has 1 saturated carbocycles. The van der Waals surface area contributed by atoms with Crippen molar-refractivity contribution in [3.63, 3.8) is 0 Å². The predicted octanol–water partition coefficient (Wildman–Crippen LogP) is 2.85. The molecule has 1 aromatic rings. The summed E-state index contributed by atoms with van der Waals surface area (Å²) in [6.45, 7) is 0. The molecule has 2 aliphatic rings. The van der Waals surface area contributed by atoms with Crippen LogP contribution in [-0.4, -0.2) is 23.7 Å². The molecular weight excluding hydrogens is 262 g/mol. The number of carbonyl (C=O) groups excluding carboxylic acids is 1. The highest BCUT2D eigenvalue weighted by molar-refractivity contribution is 6.09. The minimum absolute atomic E-state index is 0.0511. The maximum Gasteiger partial charge on any atom is 0.173 e. The van der Waals surface area contributed by atoms with Crippen LogP contribution < -0.4 is 5.32 Å². The molecule has 0 aromatic heterocycles. The second-order valence-corrected chi connectivity index (χ2v) is 5.40. The van der Waals surface area contributed by atoms with Crippen molar-refractivity contribution >= 4 is 11.6 Å². The van der Waals surface area contributed by atoms with Crippen LogP contribution in [0.5, 0.6) is 0 Å². The van der Waals surface area contributed by atoms with Crippen molar-refractivity contribution in [2.75, 3.05) is 0 Å². The van der Waals surface area contributed by atoms with Gasteiger partial charge in [-0.15, -0.1) is 0 Å². The van der Waals surface area contributed by atoms with Crippen LogP contribution in [0.1, 0.15) is 42.5 Å². The van der Waals surface area contributed by atoms with Crippen LogP contribution in [0.3, 0.4) is 0 Å². The SMILES string of the molecule is O=C(CC1=N[C@H]2CCCC[C@@H]2N1)c1ccc(F)cc1F. The number of nitrogens with one attached hydrogen (secondary N) is 1. The zero-order valence-corrected chi connectivity index (χ0v) is 11.0. The van der Waals surface area contributed by atoms with E-state index in [0.717, 1.165) is 25.0 Å². The molecule has 1 aliphatic heterocycles. The van der Waals surface area contributed by atoms with E-state index in [-0.39, 0.29) is 23.8 Å². The molecular formula is C15H16F2N2O. The van der Waals surface area contributed by atoms with Gasteiger partial charge in [0.05, 0.1) is 18.0 Å². The fraction of sp³-hybridized carbons (Fsp3) is 0.467. The molecule has 0 unspecified atom stereocenters. The van der Waals surface area contributed by atoms with E-state index in [2.05, 4.69) is 10.3 Å². The summed E-state index contributed by atoms with van der Waals surface area (Å²) in [7, 11) is 0. The molecule has 0 bridgehead atoms. The summed E-state index contributed by atoms with van der Waals surface area (Å²) in [6.07, 6.45) is 4.50. The Morgan fingerprint density at radius 2 is 2.10 bits per heavy atom. The van der Waals surface area contributed by atoms with E-state index in [1.54, 1.807) is 0 Å². The number of fused-ring (bicyclic) bond motifs is 1. The Labute approximate surface area is 116 Å². The van der Waals surface area contributed by atoms with Crippen molar-refractivity contribution < 1.29 is 13.6 Å². The van der Waals surface area contributed by atoms with Gasteiger partial charge < -0.3 is 5.32 Å². The van der Waals surface area contributed by atoms with Gasteiger partial charge in [0.25, 0.3) is 0 Å². The molecule has 1 fully saturated rings. The molecule has 20 heavy (non-hydrogen) atoms. The number of hydrogen-bond donors (Lipinski definition) is 1. The number of hydrogen-bond acceptors (Lipinski definition) is 3. The Kier molecular flexibility index (Phi) is 3.51.